The van der Waals surface area contributed by atoms with Gasteiger partial charge in [0, 0.05) is 30.9 Å². The highest BCUT2D eigenvalue weighted by atomic mass is 32.1. The molecule has 1 atom stereocenters. The molecule has 0 amide bonds. The summed E-state index contributed by atoms with van der Waals surface area (Å²) in [5, 5.41) is 14.1. The van der Waals surface area contributed by atoms with Gasteiger partial charge in [-0.15, -0.1) is 0 Å². The molecule has 0 radical (unpaired) electrons. The molecule has 1 aliphatic heterocycles. The number of ether oxygens (including phenoxy) is 1. The minimum atomic E-state index is 0.180. The second-order valence-electron chi connectivity index (χ2n) is 6.95. The molecule has 0 saturated carbocycles. The fraction of sp³-hybridized carbons (Fsp3) is 0.381. The molecule has 5 heteroatoms. The summed E-state index contributed by atoms with van der Waals surface area (Å²) in [4.78, 5) is 2.08. The molecule has 2 N–H and O–H groups in total. The zero-order chi connectivity index (χ0) is 18.5. The van der Waals surface area contributed by atoms with Gasteiger partial charge in [-0.05, 0) is 68.2 Å². The van der Waals surface area contributed by atoms with Crippen LogP contribution in [0.1, 0.15) is 29.5 Å². The number of aryl methyl sites for hydroxylation is 2. The highest BCUT2D eigenvalue weighted by Crippen LogP contribution is 2.22. The fourth-order valence-corrected chi connectivity index (χ4v) is 3.61. The lowest BCUT2D eigenvalue weighted by atomic mass is 10.1. The summed E-state index contributed by atoms with van der Waals surface area (Å²) < 4.78 is 5.80. The molecule has 0 aliphatic carbocycles. The van der Waals surface area contributed by atoms with Gasteiger partial charge in [0.15, 0.2) is 5.11 Å². The number of nitrogens with one attached hydrogen (secondary N) is 1. The van der Waals surface area contributed by atoms with Crippen LogP contribution in [0.4, 0.5) is 5.69 Å². The molecule has 138 valence electrons. The maximum absolute atomic E-state index is 10.1. The van der Waals surface area contributed by atoms with E-state index in [1.54, 1.807) is 6.07 Å². The zero-order valence-corrected chi connectivity index (χ0v) is 16.2. The molecule has 1 saturated heterocycles. The van der Waals surface area contributed by atoms with Crippen molar-refractivity contribution in [3.05, 3.63) is 59.2 Å². The quantitative estimate of drug-likeness (QED) is 0.765. The van der Waals surface area contributed by atoms with E-state index in [2.05, 4.69) is 42.3 Å². The summed E-state index contributed by atoms with van der Waals surface area (Å²) in [5.74, 6) is 0.291. The number of hydrogen-bond acceptors (Lipinski definition) is 3. The lowest BCUT2D eigenvalue weighted by Gasteiger charge is -2.28. The van der Waals surface area contributed by atoms with Crippen molar-refractivity contribution in [2.75, 3.05) is 18.5 Å². The van der Waals surface area contributed by atoms with Crippen molar-refractivity contribution in [2.45, 2.75) is 39.3 Å². The molecule has 26 heavy (non-hydrogen) atoms. The van der Waals surface area contributed by atoms with Crippen LogP contribution in [-0.4, -0.2) is 34.4 Å². The number of rotatable bonds is 5. The number of anilines is 1. The van der Waals surface area contributed by atoms with Gasteiger partial charge in [0.1, 0.15) is 5.75 Å². The Morgan fingerprint density at radius 2 is 1.96 bits per heavy atom. The molecule has 2 aromatic rings. The van der Waals surface area contributed by atoms with Gasteiger partial charge in [0.25, 0.3) is 0 Å². The van der Waals surface area contributed by atoms with Crippen LogP contribution < -0.4 is 5.32 Å². The molecule has 1 aliphatic rings. The van der Waals surface area contributed by atoms with Crippen LogP contribution in [-0.2, 0) is 11.3 Å². The van der Waals surface area contributed by atoms with Crippen LogP contribution in [0.3, 0.4) is 0 Å². The Morgan fingerprint density at radius 3 is 2.62 bits per heavy atom. The monoisotopic (exact) mass is 370 g/mol. The second-order valence-corrected chi connectivity index (χ2v) is 7.34. The summed E-state index contributed by atoms with van der Waals surface area (Å²) in [6.45, 7) is 6.22. The number of para-hydroxylation sites is 1. The number of nitrogens with zero attached hydrogens (tertiary/aromatic N) is 1. The third-order valence-corrected chi connectivity index (χ3v) is 4.92. The Kier molecular flexibility index (Phi) is 6.12. The van der Waals surface area contributed by atoms with E-state index in [0.29, 0.717) is 24.0 Å². The average molecular weight is 371 g/mol. The summed E-state index contributed by atoms with van der Waals surface area (Å²) in [6.07, 6.45) is 2.32. The molecule has 0 bridgehead atoms. The normalized spacial score (nSPS) is 16.5. The van der Waals surface area contributed by atoms with Crippen LogP contribution in [0.25, 0.3) is 0 Å². The van der Waals surface area contributed by atoms with Crippen LogP contribution in [0, 0.1) is 13.8 Å². The molecule has 0 spiro atoms. The van der Waals surface area contributed by atoms with E-state index >= 15 is 0 Å². The SMILES string of the molecule is Cc1cc(C)cc(NC(=S)N(Cc2ccccc2O)C[C@@H]2CCCO2)c1. The van der Waals surface area contributed by atoms with Crippen molar-refractivity contribution in [2.24, 2.45) is 0 Å². The topological polar surface area (TPSA) is 44.7 Å². The molecule has 4 nitrogen and oxygen atoms in total. The summed E-state index contributed by atoms with van der Waals surface area (Å²) in [7, 11) is 0. The number of benzene rings is 2. The minimum absolute atomic E-state index is 0.180. The van der Waals surface area contributed by atoms with Crippen LogP contribution in [0.5, 0.6) is 5.75 Å². The number of thiocarbonyl (C=S) groups is 1. The number of phenols is 1. The first kappa shape index (κ1) is 18.7. The van der Waals surface area contributed by atoms with Gasteiger partial charge < -0.3 is 20.1 Å². The summed E-state index contributed by atoms with van der Waals surface area (Å²) >= 11 is 5.70. The smallest absolute Gasteiger partial charge is 0.173 e. The molecular formula is C21H26N2O2S. The van der Waals surface area contributed by atoms with Gasteiger partial charge in [0.2, 0.25) is 0 Å². The van der Waals surface area contributed by atoms with Gasteiger partial charge in [-0.3, -0.25) is 0 Å². The summed E-state index contributed by atoms with van der Waals surface area (Å²) in [6, 6.07) is 13.7. The van der Waals surface area contributed by atoms with Crippen molar-refractivity contribution in [1.82, 2.24) is 4.90 Å². The van der Waals surface area contributed by atoms with Crippen molar-refractivity contribution >= 4 is 23.0 Å². The number of phenolic OH excluding ortho intramolecular Hbond substituents is 1. The highest BCUT2D eigenvalue weighted by Gasteiger charge is 2.22. The minimum Gasteiger partial charge on any atom is -0.508 e. The molecule has 2 aromatic carbocycles. The maximum atomic E-state index is 10.1. The number of hydrogen-bond donors (Lipinski definition) is 2. The fourth-order valence-electron chi connectivity index (χ4n) is 3.35. The zero-order valence-electron chi connectivity index (χ0n) is 15.4. The van der Waals surface area contributed by atoms with E-state index in [0.717, 1.165) is 30.7 Å². The van der Waals surface area contributed by atoms with Gasteiger partial charge in [0.05, 0.1) is 6.10 Å². The van der Waals surface area contributed by atoms with Crippen LogP contribution in [0.2, 0.25) is 0 Å². The van der Waals surface area contributed by atoms with E-state index in [4.69, 9.17) is 17.0 Å². The Labute approximate surface area is 160 Å². The van der Waals surface area contributed by atoms with E-state index in [1.807, 2.05) is 18.2 Å². The van der Waals surface area contributed by atoms with Gasteiger partial charge >= 0.3 is 0 Å². The lowest BCUT2D eigenvalue weighted by molar-refractivity contribution is 0.0904. The molecule has 1 fully saturated rings. The predicted octanol–water partition coefficient (Wildman–Crippen LogP) is 4.39. The Morgan fingerprint density at radius 1 is 1.23 bits per heavy atom. The van der Waals surface area contributed by atoms with Crippen molar-refractivity contribution in [3.63, 3.8) is 0 Å². The highest BCUT2D eigenvalue weighted by molar-refractivity contribution is 7.80. The van der Waals surface area contributed by atoms with Crippen molar-refractivity contribution < 1.29 is 9.84 Å². The molecule has 1 heterocycles. The first-order valence-electron chi connectivity index (χ1n) is 9.04. The Hall–Kier alpha value is -2.11. The van der Waals surface area contributed by atoms with E-state index < -0.39 is 0 Å². The molecule has 3 rings (SSSR count). The predicted molar refractivity (Wildman–Crippen MR) is 110 cm³/mol. The van der Waals surface area contributed by atoms with E-state index in [-0.39, 0.29) is 6.10 Å². The van der Waals surface area contributed by atoms with Gasteiger partial charge in [-0.25, -0.2) is 0 Å². The van der Waals surface area contributed by atoms with E-state index in [1.165, 1.54) is 11.1 Å². The Bertz CT molecular complexity index is 752. The largest absolute Gasteiger partial charge is 0.508 e. The summed E-state index contributed by atoms with van der Waals surface area (Å²) in [5.41, 5.74) is 4.24. The first-order valence-corrected chi connectivity index (χ1v) is 9.45. The number of aromatic hydroxyl groups is 1. The molecule has 0 unspecified atom stereocenters. The molecular weight excluding hydrogens is 344 g/mol. The third kappa shape index (κ3) is 4.96. The maximum Gasteiger partial charge on any atom is 0.173 e. The van der Waals surface area contributed by atoms with Crippen LogP contribution >= 0.6 is 12.2 Å². The first-order chi connectivity index (χ1) is 12.5. The van der Waals surface area contributed by atoms with E-state index in [9.17, 15) is 5.11 Å². The van der Waals surface area contributed by atoms with Gasteiger partial charge in [-0.2, -0.15) is 0 Å². The van der Waals surface area contributed by atoms with Crippen molar-refractivity contribution in [1.29, 1.82) is 0 Å². The standard InChI is InChI=1S/C21H26N2O2S/c1-15-10-16(2)12-18(11-15)22-21(26)23(14-19-7-5-9-25-19)13-17-6-3-4-8-20(17)24/h3-4,6,8,10-12,19,24H,5,7,9,13-14H2,1-2H3,(H,22,26)/t19-/m0/s1. The second kappa shape index (κ2) is 8.52. The lowest BCUT2D eigenvalue weighted by Crippen LogP contribution is -2.39. The van der Waals surface area contributed by atoms with Crippen LogP contribution in [0.15, 0.2) is 42.5 Å². The average Bonchev–Trinajstić information content (AvgIpc) is 3.08. The molecule has 0 aromatic heterocycles. The third-order valence-electron chi connectivity index (χ3n) is 4.56. The van der Waals surface area contributed by atoms with Crippen molar-refractivity contribution in [3.8, 4) is 5.75 Å². The van der Waals surface area contributed by atoms with Gasteiger partial charge in [-0.1, -0.05) is 24.3 Å². The Balaban J connectivity index is 1.76.